The molecule has 0 aliphatic rings. The van der Waals surface area contributed by atoms with Crippen LogP contribution in [-0.2, 0) is 0 Å². The summed E-state index contributed by atoms with van der Waals surface area (Å²) in [4.78, 5) is 19.2. The number of rotatable bonds is 2. The van der Waals surface area contributed by atoms with Crippen molar-refractivity contribution >= 4 is 11.0 Å². The molecule has 0 radical (unpaired) electrons. The summed E-state index contributed by atoms with van der Waals surface area (Å²) >= 11 is 0. The number of fused-ring (bicyclic) bond motifs is 1. The molecular weight excluding hydrogens is 280 g/mol. The molecule has 0 saturated carbocycles. The molecule has 6 heteroatoms. The van der Waals surface area contributed by atoms with E-state index in [2.05, 4.69) is 20.2 Å². The van der Waals surface area contributed by atoms with Gasteiger partial charge in [0.1, 0.15) is 0 Å². The molecule has 1 N–H and O–H groups in total. The highest BCUT2D eigenvalue weighted by Crippen LogP contribution is 2.21. The van der Waals surface area contributed by atoms with Gasteiger partial charge >= 0.3 is 0 Å². The van der Waals surface area contributed by atoms with Crippen molar-refractivity contribution in [2.45, 2.75) is 0 Å². The molecule has 0 amide bonds. The van der Waals surface area contributed by atoms with E-state index < -0.39 is 0 Å². The lowest BCUT2D eigenvalue weighted by Gasteiger charge is -1.98. The van der Waals surface area contributed by atoms with Crippen molar-refractivity contribution in [3.63, 3.8) is 0 Å². The second-order valence-electron chi connectivity index (χ2n) is 4.71. The minimum absolute atomic E-state index is 0.103. The lowest BCUT2D eigenvalue weighted by atomic mass is 10.2. The summed E-state index contributed by atoms with van der Waals surface area (Å²) in [6.45, 7) is 0. The normalized spacial score (nSPS) is 10.9. The highest BCUT2D eigenvalue weighted by atomic mass is 16.4. The Bertz CT molecular complexity index is 1010. The van der Waals surface area contributed by atoms with Gasteiger partial charge in [0.05, 0.1) is 11.0 Å². The van der Waals surface area contributed by atoms with Gasteiger partial charge in [0.15, 0.2) is 5.69 Å². The van der Waals surface area contributed by atoms with Crippen LogP contribution in [0.25, 0.3) is 34.1 Å². The van der Waals surface area contributed by atoms with E-state index in [1.165, 1.54) is 0 Å². The van der Waals surface area contributed by atoms with E-state index >= 15 is 0 Å². The van der Waals surface area contributed by atoms with Crippen LogP contribution in [0, 0.1) is 0 Å². The number of aromatic amines is 1. The third kappa shape index (κ3) is 2.07. The van der Waals surface area contributed by atoms with Crippen LogP contribution in [0.5, 0.6) is 0 Å². The summed E-state index contributed by atoms with van der Waals surface area (Å²) in [6.07, 6.45) is 0. The maximum absolute atomic E-state index is 12.1. The van der Waals surface area contributed by atoms with Crippen molar-refractivity contribution in [3.8, 4) is 23.0 Å². The fourth-order valence-corrected chi connectivity index (χ4v) is 2.19. The first-order valence-corrected chi connectivity index (χ1v) is 6.69. The van der Waals surface area contributed by atoms with Crippen LogP contribution in [0.15, 0.2) is 63.8 Å². The molecule has 0 spiro atoms. The average molecular weight is 290 g/mol. The van der Waals surface area contributed by atoms with Gasteiger partial charge in [-0.05, 0) is 24.3 Å². The van der Waals surface area contributed by atoms with Crippen molar-refractivity contribution in [2.24, 2.45) is 0 Å². The number of H-pyrrole nitrogens is 1. The van der Waals surface area contributed by atoms with Gasteiger partial charge in [-0.25, -0.2) is 4.98 Å². The molecule has 2 aromatic heterocycles. The highest BCUT2D eigenvalue weighted by Gasteiger charge is 2.15. The highest BCUT2D eigenvalue weighted by molar-refractivity contribution is 5.75. The molecule has 0 bridgehead atoms. The quantitative estimate of drug-likeness (QED) is 0.613. The van der Waals surface area contributed by atoms with Crippen LogP contribution in [-0.4, -0.2) is 20.2 Å². The van der Waals surface area contributed by atoms with E-state index in [0.717, 1.165) is 5.56 Å². The minimum Gasteiger partial charge on any atom is -0.414 e. The van der Waals surface area contributed by atoms with Gasteiger partial charge in [-0.2, -0.15) is 0 Å². The molecule has 0 aliphatic heterocycles. The molecular formula is C16H10N4O2. The SMILES string of the molecule is O=c1[nH]c2ccccc2nc1-c1nnc(-c2ccccc2)o1. The number of hydrogen-bond donors (Lipinski definition) is 1. The fraction of sp³-hybridized carbons (Fsp3) is 0. The van der Waals surface area contributed by atoms with Crippen molar-refractivity contribution in [1.82, 2.24) is 20.2 Å². The lowest BCUT2D eigenvalue weighted by molar-refractivity contribution is 0.581. The van der Waals surface area contributed by atoms with Crippen molar-refractivity contribution in [1.29, 1.82) is 0 Å². The summed E-state index contributed by atoms with van der Waals surface area (Å²) in [5.41, 5.74) is 1.88. The Morgan fingerprint density at radius 2 is 1.59 bits per heavy atom. The second kappa shape index (κ2) is 4.92. The Morgan fingerprint density at radius 1 is 0.864 bits per heavy atom. The van der Waals surface area contributed by atoms with Crippen LogP contribution < -0.4 is 5.56 Å². The van der Waals surface area contributed by atoms with Crippen LogP contribution >= 0.6 is 0 Å². The van der Waals surface area contributed by atoms with Gasteiger partial charge in [-0.1, -0.05) is 30.3 Å². The molecule has 0 atom stereocenters. The summed E-state index contributed by atoms with van der Waals surface area (Å²) in [5.74, 6) is 0.454. The minimum atomic E-state index is -0.359. The van der Waals surface area contributed by atoms with Gasteiger partial charge in [0, 0.05) is 5.56 Å². The first kappa shape index (κ1) is 12.5. The Kier molecular flexibility index (Phi) is 2.79. The third-order valence-electron chi connectivity index (χ3n) is 3.25. The molecule has 106 valence electrons. The number of aromatic nitrogens is 4. The molecule has 0 fully saturated rings. The maximum atomic E-state index is 12.1. The standard InChI is InChI=1S/C16H10N4O2/c21-14-13(17-11-8-4-5-9-12(11)18-14)16-20-19-15(22-16)10-6-2-1-3-7-10/h1-9H,(H,18,21). The summed E-state index contributed by atoms with van der Waals surface area (Å²) < 4.78 is 5.58. The van der Waals surface area contributed by atoms with E-state index in [4.69, 9.17) is 4.42 Å². The number of nitrogens with one attached hydrogen (secondary N) is 1. The number of nitrogens with zero attached hydrogens (tertiary/aromatic N) is 3. The van der Waals surface area contributed by atoms with Gasteiger partial charge < -0.3 is 9.40 Å². The molecule has 4 rings (SSSR count). The Morgan fingerprint density at radius 3 is 2.45 bits per heavy atom. The second-order valence-corrected chi connectivity index (χ2v) is 4.71. The molecule has 2 aromatic carbocycles. The Labute approximate surface area is 124 Å². The summed E-state index contributed by atoms with van der Waals surface area (Å²) in [7, 11) is 0. The smallest absolute Gasteiger partial charge is 0.280 e. The Balaban J connectivity index is 1.84. The third-order valence-corrected chi connectivity index (χ3v) is 3.25. The number of benzene rings is 2. The molecule has 0 saturated heterocycles. The van der Waals surface area contributed by atoms with E-state index in [-0.39, 0.29) is 17.1 Å². The van der Waals surface area contributed by atoms with Gasteiger partial charge in [0.25, 0.3) is 11.4 Å². The zero-order chi connectivity index (χ0) is 14.9. The van der Waals surface area contributed by atoms with Crippen molar-refractivity contribution < 1.29 is 4.42 Å². The number of para-hydroxylation sites is 2. The summed E-state index contributed by atoms with van der Waals surface area (Å²) in [5, 5.41) is 7.91. The molecule has 0 unspecified atom stereocenters. The lowest BCUT2D eigenvalue weighted by Crippen LogP contribution is -2.11. The van der Waals surface area contributed by atoms with E-state index in [1.807, 2.05) is 48.5 Å². The number of hydrogen-bond acceptors (Lipinski definition) is 5. The topological polar surface area (TPSA) is 84.7 Å². The van der Waals surface area contributed by atoms with Gasteiger partial charge in [-0.3, -0.25) is 4.79 Å². The van der Waals surface area contributed by atoms with E-state index in [0.29, 0.717) is 16.9 Å². The monoisotopic (exact) mass is 290 g/mol. The molecule has 2 heterocycles. The fourth-order valence-electron chi connectivity index (χ4n) is 2.19. The van der Waals surface area contributed by atoms with Crippen LogP contribution in [0.1, 0.15) is 0 Å². The van der Waals surface area contributed by atoms with Crippen molar-refractivity contribution in [2.75, 3.05) is 0 Å². The van der Waals surface area contributed by atoms with Crippen LogP contribution in [0.4, 0.5) is 0 Å². The predicted octanol–water partition coefficient (Wildman–Crippen LogP) is 2.64. The average Bonchev–Trinajstić information content (AvgIpc) is 3.05. The van der Waals surface area contributed by atoms with E-state index in [9.17, 15) is 4.79 Å². The Hall–Kier alpha value is -3.28. The van der Waals surface area contributed by atoms with Gasteiger partial charge in [0.2, 0.25) is 5.89 Å². The molecule has 22 heavy (non-hydrogen) atoms. The first-order valence-electron chi connectivity index (χ1n) is 6.69. The largest absolute Gasteiger partial charge is 0.414 e. The van der Waals surface area contributed by atoms with Crippen LogP contribution in [0.2, 0.25) is 0 Å². The zero-order valence-electron chi connectivity index (χ0n) is 11.4. The van der Waals surface area contributed by atoms with Crippen molar-refractivity contribution in [3.05, 3.63) is 65.0 Å². The first-order chi connectivity index (χ1) is 10.8. The molecule has 4 aromatic rings. The predicted molar refractivity (Wildman–Crippen MR) is 81.1 cm³/mol. The summed E-state index contributed by atoms with van der Waals surface area (Å²) in [6, 6.07) is 16.6. The van der Waals surface area contributed by atoms with Crippen LogP contribution in [0.3, 0.4) is 0 Å². The molecule has 0 aliphatic carbocycles. The van der Waals surface area contributed by atoms with Gasteiger partial charge in [-0.15, -0.1) is 10.2 Å². The maximum Gasteiger partial charge on any atom is 0.280 e. The van der Waals surface area contributed by atoms with E-state index in [1.54, 1.807) is 6.07 Å². The molecule has 6 nitrogen and oxygen atoms in total. The zero-order valence-corrected chi connectivity index (χ0v) is 11.4.